The fraction of sp³-hybridized carbons (Fsp3) is 0.423. The van der Waals surface area contributed by atoms with Crippen LogP contribution in [0.5, 0.6) is 0 Å². The van der Waals surface area contributed by atoms with Crippen molar-refractivity contribution in [3.8, 4) is 0 Å². The largest absolute Gasteiger partial charge is 0.325 e. The standard InChI is InChI=1S/C26H32N4O5S/c1-18(2)19-7-9-20(10-8-19)26(3)24(32)30(25(33)28-26)17-23(31)27-21-11-13-22(14-12-21)36(34,35)29-15-5-4-6-16-29/h7-14,18H,4-6,15-17H2,1-3H3,(H,27,31)(H,28,33)/t26-/m1/s1. The van der Waals surface area contributed by atoms with E-state index in [1.165, 1.54) is 28.6 Å². The zero-order valence-corrected chi connectivity index (χ0v) is 21.6. The van der Waals surface area contributed by atoms with E-state index in [1.54, 1.807) is 6.92 Å². The lowest BCUT2D eigenvalue weighted by Gasteiger charge is -2.25. The van der Waals surface area contributed by atoms with Crippen LogP contribution in [0.1, 0.15) is 57.1 Å². The number of nitrogens with one attached hydrogen (secondary N) is 2. The van der Waals surface area contributed by atoms with Crippen molar-refractivity contribution in [1.82, 2.24) is 14.5 Å². The molecule has 10 heteroatoms. The molecule has 0 aliphatic carbocycles. The van der Waals surface area contributed by atoms with E-state index < -0.39 is 40.0 Å². The number of urea groups is 1. The highest BCUT2D eigenvalue weighted by Crippen LogP contribution is 2.30. The first-order valence-corrected chi connectivity index (χ1v) is 13.6. The Labute approximate surface area is 211 Å². The van der Waals surface area contributed by atoms with Gasteiger partial charge in [-0.3, -0.25) is 14.5 Å². The summed E-state index contributed by atoms with van der Waals surface area (Å²) in [6.07, 6.45) is 2.72. The highest BCUT2D eigenvalue weighted by molar-refractivity contribution is 7.89. The van der Waals surface area contributed by atoms with Crippen LogP contribution in [-0.4, -0.2) is 55.1 Å². The summed E-state index contributed by atoms with van der Waals surface area (Å²) < 4.78 is 27.1. The van der Waals surface area contributed by atoms with Crippen LogP contribution in [0.3, 0.4) is 0 Å². The molecule has 2 heterocycles. The Morgan fingerprint density at radius 3 is 2.19 bits per heavy atom. The van der Waals surface area contributed by atoms with Crippen molar-refractivity contribution in [2.75, 3.05) is 25.0 Å². The first kappa shape index (κ1) is 25.8. The molecule has 2 aromatic carbocycles. The Kier molecular flexibility index (Phi) is 7.19. The summed E-state index contributed by atoms with van der Waals surface area (Å²) in [7, 11) is -3.57. The fourth-order valence-electron chi connectivity index (χ4n) is 4.55. The van der Waals surface area contributed by atoms with Crippen LogP contribution in [0, 0.1) is 0 Å². The number of carbonyl (C=O) groups is 3. The molecule has 0 unspecified atom stereocenters. The molecular formula is C26H32N4O5S. The number of hydrogen-bond acceptors (Lipinski definition) is 5. The van der Waals surface area contributed by atoms with E-state index in [2.05, 4.69) is 24.5 Å². The number of imide groups is 1. The van der Waals surface area contributed by atoms with E-state index in [4.69, 9.17) is 0 Å². The summed E-state index contributed by atoms with van der Waals surface area (Å²) in [5.74, 6) is -0.743. The van der Waals surface area contributed by atoms with Crippen LogP contribution in [0.4, 0.5) is 10.5 Å². The molecule has 4 amide bonds. The van der Waals surface area contributed by atoms with Gasteiger partial charge in [0.2, 0.25) is 15.9 Å². The van der Waals surface area contributed by atoms with E-state index in [-0.39, 0.29) is 4.90 Å². The molecule has 0 radical (unpaired) electrons. The second-order valence-corrected chi connectivity index (χ2v) is 11.7. The first-order valence-electron chi connectivity index (χ1n) is 12.2. The Bertz CT molecular complexity index is 1250. The maximum Gasteiger partial charge on any atom is 0.325 e. The summed E-state index contributed by atoms with van der Waals surface area (Å²) in [4.78, 5) is 39.4. The summed E-state index contributed by atoms with van der Waals surface area (Å²) in [6.45, 7) is 6.32. The van der Waals surface area contributed by atoms with Gasteiger partial charge >= 0.3 is 6.03 Å². The molecule has 192 valence electrons. The van der Waals surface area contributed by atoms with Gasteiger partial charge in [-0.1, -0.05) is 44.5 Å². The Morgan fingerprint density at radius 2 is 1.61 bits per heavy atom. The Hall–Kier alpha value is -3.24. The number of benzene rings is 2. The summed E-state index contributed by atoms with van der Waals surface area (Å²) >= 11 is 0. The highest BCUT2D eigenvalue weighted by Gasteiger charge is 2.49. The summed E-state index contributed by atoms with van der Waals surface area (Å²) in [5, 5.41) is 5.34. The second-order valence-electron chi connectivity index (χ2n) is 9.76. The average Bonchev–Trinajstić information content (AvgIpc) is 3.08. The van der Waals surface area contributed by atoms with Crippen LogP contribution >= 0.6 is 0 Å². The lowest BCUT2D eigenvalue weighted by Crippen LogP contribution is -2.42. The first-order chi connectivity index (χ1) is 17.0. The molecule has 0 spiro atoms. The fourth-order valence-corrected chi connectivity index (χ4v) is 6.06. The second kappa shape index (κ2) is 10.0. The lowest BCUT2D eigenvalue weighted by atomic mass is 9.90. The maximum atomic E-state index is 13.1. The minimum atomic E-state index is -3.57. The van der Waals surface area contributed by atoms with E-state index in [0.717, 1.165) is 29.7 Å². The number of sulfonamides is 1. The van der Waals surface area contributed by atoms with E-state index in [1.807, 2.05) is 24.3 Å². The van der Waals surface area contributed by atoms with Crippen LogP contribution in [-0.2, 0) is 25.2 Å². The van der Waals surface area contributed by atoms with Crippen LogP contribution < -0.4 is 10.6 Å². The van der Waals surface area contributed by atoms with Crippen molar-refractivity contribution < 1.29 is 22.8 Å². The molecule has 1 atom stereocenters. The topological polar surface area (TPSA) is 116 Å². The number of amides is 4. The third kappa shape index (κ3) is 5.01. The summed E-state index contributed by atoms with van der Waals surface area (Å²) in [6, 6.07) is 12.7. The zero-order valence-electron chi connectivity index (χ0n) is 20.8. The van der Waals surface area contributed by atoms with Gasteiger partial charge < -0.3 is 10.6 Å². The number of rotatable bonds is 7. The predicted molar refractivity (Wildman–Crippen MR) is 136 cm³/mol. The van der Waals surface area contributed by atoms with Gasteiger partial charge in [0.1, 0.15) is 12.1 Å². The predicted octanol–water partition coefficient (Wildman–Crippen LogP) is 3.39. The van der Waals surface area contributed by atoms with Crippen molar-refractivity contribution >= 4 is 33.6 Å². The van der Waals surface area contributed by atoms with Gasteiger partial charge in [0.05, 0.1) is 4.90 Å². The Morgan fingerprint density at radius 1 is 1.00 bits per heavy atom. The van der Waals surface area contributed by atoms with Crippen molar-refractivity contribution in [1.29, 1.82) is 0 Å². The van der Waals surface area contributed by atoms with Gasteiger partial charge in [0.25, 0.3) is 5.91 Å². The molecule has 2 N–H and O–H groups in total. The van der Waals surface area contributed by atoms with Crippen molar-refractivity contribution in [2.24, 2.45) is 0 Å². The average molecular weight is 513 g/mol. The number of anilines is 1. The SMILES string of the molecule is CC(C)c1ccc([C@@]2(C)NC(=O)N(CC(=O)Nc3ccc(S(=O)(=O)N4CCCCC4)cc3)C2=O)cc1. The quantitative estimate of drug-likeness (QED) is 0.552. The molecule has 2 aromatic rings. The van der Waals surface area contributed by atoms with Gasteiger partial charge in [-0.05, 0) is 61.1 Å². The minimum Gasteiger partial charge on any atom is -0.325 e. The van der Waals surface area contributed by atoms with E-state index in [9.17, 15) is 22.8 Å². The molecule has 36 heavy (non-hydrogen) atoms. The minimum absolute atomic E-state index is 0.163. The zero-order chi connectivity index (χ0) is 26.1. The molecule has 9 nitrogen and oxygen atoms in total. The molecule has 2 saturated heterocycles. The van der Waals surface area contributed by atoms with E-state index >= 15 is 0 Å². The van der Waals surface area contributed by atoms with Crippen LogP contribution in [0.25, 0.3) is 0 Å². The number of nitrogens with zero attached hydrogens (tertiary/aromatic N) is 2. The lowest BCUT2D eigenvalue weighted by molar-refractivity contribution is -0.133. The molecule has 2 fully saturated rings. The van der Waals surface area contributed by atoms with E-state index in [0.29, 0.717) is 30.3 Å². The molecule has 2 aliphatic heterocycles. The monoisotopic (exact) mass is 512 g/mol. The number of carbonyl (C=O) groups excluding carboxylic acids is 3. The Balaban J connectivity index is 1.41. The number of piperidine rings is 1. The van der Waals surface area contributed by atoms with Gasteiger partial charge in [0.15, 0.2) is 0 Å². The maximum absolute atomic E-state index is 13.1. The van der Waals surface area contributed by atoms with Crippen molar-refractivity contribution in [3.05, 3.63) is 59.7 Å². The van der Waals surface area contributed by atoms with Gasteiger partial charge in [0, 0.05) is 18.8 Å². The smallest absolute Gasteiger partial charge is 0.325 e. The molecule has 4 rings (SSSR count). The van der Waals surface area contributed by atoms with Gasteiger partial charge in [-0.25, -0.2) is 13.2 Å². The van der Waals surface area contributed by atoms with Gasteiger partial charge in [-0.2, -0.15) is 4.31 Å². The third-order valence-electron chi connectivity index (χ3n) is 6.82. The normalized spacial score (nSPS) is 21.1. The summed E-state index contributed by atoms with van der Waals surface area (Å²) in [5.41, 5.74) is 0.859. The molecule has 0 aromatic heterocycles. The molecule has 0 saturated carbocycles. The third-order valence-corrected chi connectivity index (χ3v) is 8.74. The number of hydrogen-bond donors (Lipinski definition) is 2. The van der Waals surface area contributed by atoms with Crippen LogP contribution in [0.15, 0.2) is 53.4 Å². The van der Waals surface area contributed by atoms with Gasteiger partial charge in [-0.15, -0.1) is 0 Å². The molecular weight excluding hydrogens is 480 g/mol. The molecule has 0 bridgehead atoms. The van der Waals surface area contributed by atoms with Crippen molar-refractivity contribution in [3.63, 3.8) is 0 Å². The van der Waals surface area contributed by atoms with Crippen LogP contribution in [0.2, 0.25) is 0 Å². The molecule has 2 aliphatic rings. The highest BCUT2D eigenvalue weighted by atomic mass is 32.2. The van der Waals surface area contributed by atoms with Crippen molar-refractivity contribution in [2.45, 2.75) is 56.4 Å².